The fraction of sp³-hybridized carbons (Fsp3) is 0.0667. The van der Waals surface area contributed by atoms with Gasteiger partial charge in [-0.05, 0) is 24.3 Å². The van der Waals surface area contributed by atoms with Crippen LogP contribution < -0.4 is 14.9 Å². The number of hydrogen-bond acceptors (Lipinski definition) is 4. The molecule has 0 aliphatic carbocycles. The van der Waals surface area contributed by atoms with Crippen LogP contribution >= 0.6 is 0 Å². The van der Waals surface area contributed by atoms with E-state index in [1.54, 1.807) is 30.3 Å². The van der Waals surface area contributed by atoms with Crippen molar-refractivity contribution in [3.63, 3.8) is 0 Å². The molecule has 0 bridgehead atoms. The van der Waals surface area contributed by atoms with Crippen LogP contribution in [0, 0.1) is 0 Å². The third-order valence-corrected chi connectivity index (χ3v) is 5.13. The van der Waals surface area contributed by atoms with Crippen molar-refractivity contribution in [3.8, 4) is 0 Å². The summed E-state index contributed by atoms with van der Waals surface area (Å²) < 4.78 is 26.3. The lowest BCUT2D eigenvalue weighted by Crippen LogP contribution is -2.53. The van der Waals surface area contributed by atoms with E-state index in [2.05, 4.69) is 0 Å². The number of primary amides is 1. The number of sulfonamides is 1. The van der Waals surface area contributed by atoms with E-state index in [-0.39, 0.29) is 16.3 Å². The van der Waals surface area contributed by atoms with Crippen molar-refractivity contribution in [1.29, 1.82) is 0 Å². The SMILES string of the molecule is NC(=O)CN1C(=O)N(c2ccccc2)S(=O)(=O)c2ccccc21. The van der Waals surface area contributed by atoms with Crippen LogP contribution in [0.3, 0.4) is 0 Å². The first kappa shape index (κ1) is 15.0. The standard InChI is InChI=1S/C15H13N3O4S/c16-14(19)10-17-12-8-4-5-9-13(12)23(21,22)18(15(17)20)11-6-2-1-3-7-11/h1-9H,10H2,(H2,16,19). The molecule has 0 spiro atoms. The van der Waals surface area contributed by atoms with E-state index in [0.29, 0.717) is 4.31 Å². The quantitative estimate of drug-likeness (QED) is 0.916. The van der Waals surface area contributed by atoms with E-state index < -0.39 is 28.5 Å². The van der Waals surface area contributed by atoms with Crippen LogP contribution in [0.5, 0.6) is 0 Å². The molecule has 0 atom stereocenters. The molecule has 0 saturated carbocycles. The van der Waals surface area contributed by atoms with Gasteiger partial charge in [0.1, 0.15) is 11.4 Å². The molecule has 1 heterocycles. The van der Waals surface area contributed by atoms with Gasteiger partial charge in [-0.25, -0.2) is 13.2 Å². The van der Waals surface area contributed by atoms with E-state index in [1.165, 1.54) is 24.3 Å². The highest BCUT2D eigenvalue weighted by Crippen LogP contribution is 2.36. The molecule has 0 fully saturated rings. The summed E-state index contributed by atoms with van der Waals surface area (Å²) >= 11 is 0. The molecule has 3 amide bonds. The Morgan fingerprint density at radius 1 is 1.00 bits per heavy atom. The van der Waals surface area contributed by atoms with Crippen LogP contribution in [0.1, 0.15) is 0 Å². The fourth-order valence-corrected chi connectivity index (χ4v) is 4.03. The number of urea groups is 1. The Balaban J connectivity index is 2.24. The maximum atomic E-state index is 12.8. The minimum absolute atomic E-state index is 0.0512. The predicted octanol–water partition coefficient (Wildman–Crippen LogP) is 1.31. The Morgan fingerprint density at radius 2 is 1.61 bits per heavy atom. The molecule has 8 heteroatoms. The summed E-state index contributed by atoms with van der Waals surface area (Å²) in [5, 5.41) is 0. The van der Waals surface area contributed by atoms with Crippen molar-refractivity contribution in [2.24, 2.45) is 5.73 Å². The number of carbonyl (C=O) groups excluding carboxylic acids is 2. The van der Waals surface area contributed by atoms with Gasteiger partial charge in [-0.1, -0.05) is 30.3 Å². The molecule has 0 radical (unpaired) electrons. The summed E-state index contributed by atoms with van der Waals surface area (Å²) in [5.74, 6) is -0.736. The normalized spacial score (nSPS) is 16.1. The van der Waals surface area contributed by atoms with Gasteiger partial charge in [0, 0.05) is 0 Å². The zero-order valence-electron chi connectivity index (χ0n) is 11.9. The highest BCUT2D eigenvalue weighted by atomic mass is 32.2. The average Bonchev–Trinajstić information content (AvgIpc) is 2.52. The third kappa shape index (κ3) is 2.42. The van der Waals surface area contributed by atoms with Crippen molar-refractivity contribution < 1.29 is 18.0 Å². The first-order valence-corrected chi connectivity index (χ1v) is 8.16. The van der Waals surface area contributed by atoms with Gasteiger partial charge >= 0.3 is 6.03 Å². The number of nitrogens with two attached hydrogens (primary N) is 1. The summed E-state index contributed by atoms with van der Waals surface area (Å²) in [6.07, 6.45) is 0. The number of para-hydroxylation sites is 2. The predicted molar refractivity (Wildman–Crippen MR) is 84.5 cm³/mol. The third-order valence-electron chi connectivity index (χ3n) is 3.38. The van der Waals surface area contributed by atoms with Crippen LogP contribution in [0.15, 0.2) is 59.5 Å². The molecule has 1 aliphatic rings. The van der Waals surface area contributed by atoms with E-state index in [0.717, 1.165) is 4.90 Å². The van der Waals surface area contributed by atoms with Crippen molar-refractivity contribution in [3.05, 3.63) is 54.6 Å². The summed E-state index contributed by atoms with van der Waals surface area (Å²) in [5.41, 5.74) is 5.53. The molecule has 1 aliphatic heterocycles. The number of nitrogens with zero attached hydrogens (tertiary/aromatic N) is 2. The molecule has 0 unspecified atom stereocenters. The summed E-state index contributed by atoms with van der Waals surface area (Å²) in [6, 6.07) is 13.1. The van der Waals surface area contributed by atoms with Crippen molar-refractivity contribution in [2.45, 2.75) is 4.90 Å². The molecule has 2 aromatic carbocycles. The van der Waals surface area contributed by atoms with Crippen molar-refractivity contribution in [1.82, 2.24) is 0 Å². The van der Waals surface area contributed by atoms with E-state index in [9.17, 15) is 18.0 Å². The van der Waals surface area contributed by atoms with Gasteiger partial charge < -0.3 is 5.73 Å². The van der Waals surface area contributed by atoms with Crippen LogP contribution in [0.4, 0.5) is 16.2 Å². The molecule has 118 valence electrons. The summed E-state index contributed by atoms with van der Waals surface area (Å²) in [6.45, 7) is -0.408. The molecule has 0 saturated heterocycles. The number of carbonyl (C=O) groups is 2. The van der Waals surface area contributed by atoms with Crippen molar-refractivity contribution in [2.75, 3.05) is 15.7 Å². The Kier molecular flexibility index (Phi) is 3.53. The minimum atomic E-state index is -4.06. The molecular formula is C15H13N3O4S. The van der Waals surface area contributed by atoms with Gasteiger partial charge in [-0.3, -0.25) is 9.69 Å². The van der Waals surface area contributed by atoms with Gasteiger partial charge in [-0.15, -0.1) is 0 Å². The monoisotopic (exact) mass is 331 g/mol. The fourth-order valence-electron chi connectivity index (χ4n) is 2.43. The van der Waals surface area contributed by atoms with Gasteiger partial charge in [-0.2, -0.15) is 4.31 Å². The second kappa shape index (κ2) is 5.40. The van der Waals surface area contributed by atoms with Crippen LogP contribution in [0.25, 0.3) is 0 Å². The molecule has 7 nitrogen and oxygen atoms in total. The topological polar surface area (TPSA) is 101 Å². The Bertz CT molecular complexity index is 881. The number of anilines is 2. The molecule has 0 aromatic heterocycles. The first-order chi connectivity index (χ1) is 10.9. The Hall–Kier alpha value is -2.87. The van der Waals surface area contributed by atoms with Crippen molar-refractivity contribution >= 4 is 33.3 Å². The largest absolute Gasteiger partial charge is 0.368 e. The van der Waals surface area contributed by atoms with Gasteiger partial charge in [0.2, 0.25) is 5.91 Å². The number of benzene rings is 2. The maximum Gasteiger partial charge on any atom is 0.343 e. The number of hydrogen-bond donors (Lipinski definition) is 1. The second-order valence-electron chi connectivity index (χ2n) is 4.91. The van der Waals surface area contributed by atoms with Gasteiger partial charge in [0.15, 0.2) is 0 Å². The maximum absolute atomic E-state index is 12.8. The zero-order chi connectivity index (χ0) is 16.6. The highest BCUT2D eigenvalue weighted by Gasteiger charge is 2.42. The second-order valence-corrected chi connectivity index (χ2v) is 6.66. The Labute approximate surface area is 133 Å². The lowest BCUT2D eigenvalue weighted by Gasteiger charge is -2.35. The van der Waals surface area contributed by atoms with E-state index in [1.807, 2.05) is 0 Å². The zero-order valence-corrected chi connectivity index (χ0v) is 12.7. The minimum Gasteiger partial charge on any atom is -0.368 e. The van der Waals surface area contributed by atoms with Crippen LogP contribution in [-0.2, 0) is 14.8 Å². The van der Waals surface area contributed by atoms with E-state index >= 15 is 0 Å². The molecular weight excluding hydrogens is 318 g/mol. The molecule has 23 heavy (non-hydrogen) atoms. The lowest BCUT2D eigenvalue weighted by molar-refractivity contribution is -0.116. The van der Waals surface area contributed by atoms with Gasteiger partial charge in [0.25, 0.3) is 10.0 Å². The number of rotatable bonds is 3. The first-order valence-electron chi connectivity index (χ1n) is 6.72. The highest BCUT2D eigenvalue weighted by molar-refractivity contribution is 7.94. The average molecular weight is 331 g/mol. The number of amides is 3. The summed E-state index contributed by atoms with van der Waals surface area (Å²) in [4.78, 5) is 25.0. The molecule has 3 rings (SSSR count). The Morgan fingerprint density at radius 3 is 2.26 bits per heavy atom. The van der Waals surface area contributed by atoms with E-state index in [4.69, 9.17) is 5.73 Å². The molecule has 2 aromatic rings. The summed E-state index contributed by atoms with van der Waals surface area (Å²) in [7, 11) is -4.06. The van der Waals surface area contributed by atoms with Crippen LogP contribution in [0.2, 0.25) is 0 Å². The lowest BCUT2D eigenvalue weighted by atomic mass is 10.2. The smallest absolute Gasteiger partial charge is 0.343 e. The van der Waals surface area contributed by atoms with Gasteiger partial charge in [0.05, 0.1) is 11.4 Å². The van der Waals surface area contributed by atoms with Crippen LogP contribution in [-0.4, -0.2) is 26.9 Å². The molecule has 2 N–H and O–H groups in total. The number of fused-ring (bicyclic) bond motifs is 1.